The molecule has 0 atom stereocenters. The van der Waals surface area contributed by atoms with Crippen molar-refractivity contribution in [2.45, 2.75) is 20.0 Å². The predicted molar refractivity (Wildman–Crippen MR) is 93.5 cm³/mol. The number of nitrogens with zero attached hydrogens (tertiary/aromatic N) is 4. The second kappa shape index (κ2) is 7.21. The van der Waals surface area contributed by atoms with Gasteiger partial charge in [0.1, 0.15) is 17.2 Å². The van der Waals surface area contributed by atoms with Crippen molar-refractivity contribution in [1.29, 1.82) is 0 Å². The molecule has 0 bridgehead atoms. The Morgan fingerprint density at radius 1 is 0.920 bits per heavy atom. The highest BCUT2D eigenvalue weighted by molar-refractivity contribution is 5.65. The highest BCUT2D eigenvalue weighted by Gasteiger charge is 2.15. The molecule has 0 aliphatic carbocycles. The molecule has 0 aliphatic rings. The molecule has 1 heterocycles. The van der Waals surface area contributed by atoms with E-state index in [0.29, 0.717) is 17.3 Å². The topological polar surface area (TPSA) is 71.3 Å². The van der Waals surface area contributed by atoms with Gasteiger partial charge in [0, 0.05) is 6.07 Å². The molecular weight excluding hydrogens is 320 g/mol. The van der Waals surface area contributed by atoms with Crippen molar-refractivity contribution in [3.63, 3.8) is 0 Å². The number of methoxy groups -OCH3 is 2. The minimum Gasteiger partial charge on any atom is -0.497 e. The molecule has 7 nitrogen and oxygen atoms in total. The molecular formula is C18H20N4O3. The standard InChI is InChI=1S/C18H20N4O3/c1-12(2)25-17-11-15(24-4)9-10-16(17)18-19-21-22(20-18)13-5-7-14(23-3)8-6-13/h5-12H,1-4H3. The van der Waals surface area contributed by atoms with Gasteiger partial charge in [0.2, 0.25) is 5.82 Å². The first kappa shape index (κ1) is 16.8. The Morgan fingerprint density at radius 2 is 1.60 bits per heavy atom. The van der Waals surface area contributed by atoms with Crippen LogP contribution in [0.3, 0.4) is 0 Å². The first-order valence-corrected chi connectivity index (χ1v) is 7.90. The molecule has 0 spiro atoms. The molecule has 0 unspecified atom stereocenters. The molecule has 0 saturated carbocycles. The van der Waals surface area contributed by atoms with Gasteiger partial charge >= 0.3 is 0 Å². The van der Waals surface area contributed by atoms with Crippen LogP contribution in [0.25, 0.3) is 17.1 Å². The van der Waals surface area contributed by atoms with Gasteiger partial charge < -0.3 is 14.2 Å². The van der Waals surface area contributed by atoms with Gasteiger partial charge in [-0.05, 0) is 55.5 Å². The Hall–Kier alpha value is -3.09. The van der Waals surface area contributed by atoms with Crippen LogP contribution in [0, 0.1) is 0 Å². The average molecular weight is 340 g/mol. The third-order valence-electron chi connectivity index (χ3n) is 3.51. The number of tetrazole rings is 1. The number of hydrogen-bond donors (Lipinski definition) is 0. The molecule has 0 aliphatic heterocycles. The lowest BCUT2D eigenvalue weighted by Crippen LogP contribution is -2.07. The molecule has 0 saturated heterocycles. The molecule has 7 heteroatoms. The maximum Gasteiger partial charge on any atom is 0.209 e. The molecule has 130 valence electrons. The Labute approximate surface area is 146 Å². The summed E-state index contributed by atoms with van der Waals surface area (Å²) in [6.45, 7) is 3.93. The summed E-state index contributed by atoms with van der Waals surface area (Å²) in [5.41, 5.74) is 1.55. The summed E-state index contributed by atoms with van der Waals surface area (Å²) >= 11 is 0. The van der Waals surface area contributed by atoms with Crippen LogP contribution in [-0.2, 0) is 0 Å². The van der Waals surface area contributed by atoms with Crippen LogP contribution in [0.5, 0.6) is 17.2 Å². The molecule has 3 aromatic rings. The molecule has 25 heavy (non-hydrogen) atoms. The quantitative estimate of drug-likeness (QED) is 0.686. The lowest BCUT2D eigenvalue weighted by atomic mass is 10.2. The minimum absolute atomic E-state index is 0.0162. The van der Waals surface area contributed by atoms with E-state index in [-0.39, 0.29) is 6.10 Å². The van der Waals surface area contributed by atoms with Gasteiger partial charge in [-0.2, -0.15) is 0 Å². The number of aromatic nitrogens is 4. The van der Waals surface area contributed by atoms with Crippen LogP contribution in [0.15, 0.2) is 42.5 Å². The third-order valence-corrected chi connectivity index (χ3v) is 3.51. The zero-order valence-corrected chi connectivity index (χ0v) is 14.6. The van der Waals surface area contributed by atoms with Crippen molar-refractivity contribution in [1.82, 2.24) is 20.2 Å². The van der Waals surface area contributed by atoms with E-state index in [1.807, 2.05) is 56.3 Å². The SMILES string of the molecule is COc1ccc(-n2nnc(-c3ccc(OC)cc3OC(C)C)n2)cc1. The van der Waals surface area contributed by atoms with Crippen molar-refractivity contribution < 1.29 is 14.2 Å². The van der Waals surface area contributed by atoms with Gasteiger partial charge in [0.25, 0.3) is 0 Å². The van der Waals surface area contributed by atoms with Crippen molar-refractivity contribution in [2.75, 3.05) is 14.2 Å². The highest BCUT2D eigenvalue weighted by atomic mass is 16.5. The predicted octanol–water partition coefficient (Wildman–Crippen LogP) is 3.13. The lowest BCUT2D eigenvalue weighted by molar-refractivity contribution is 0.242. The van der Waals surface area contributed by atoms with E-state index < -0.39 is 0 Å². The van der Waals surface area contributed by atoms with Crippen molar-refractivity contribution >= 4 is 0 Å². The smallest absolute Gasteiger partial charge is 0.209 e. The lowest BCUT2D eigenvalue weighted by Gasteiger charge is -2.13. The summed E-state index contributed by atoms with van der Waals surface area (Å²) in [7, 11) is 3.24. The van der Waals surface area contributed by atoms with Crippen LogP contribution >= 0.6 is 0 Å². The van der Waals surface area contributed by atoms with E-state index in [4.69, 9.17) is 14.2 Å². The fourth-order valence-electron chi connectivity index (χ4n) is 2.31. The molecule has 3 rings (SSSR count). The van der Waals surface area contributed by atoms with Gasteiger partial charge in [-0.3, -0.25) is 0 Å². The summed E-state index contributed by atoms with van der Waals surface area (Å²) in [6, 6.07) is 13.0. The number of rotatable bonds is 6. The molecule has 0 fully saturated rings. The Kier molecular flexibility index (Phi) is 4.83. The van der Waals surface area contributed by atoms with E-state index in [0.717, 1.165) is 17.0 Å². The molecule has 0 N–H and O–H groups in total. The van der Waals surface area contributed by atoms with E-state index in [1.165, 1.54) is 4.80 Å². The number of benzene rings is 2. The van der Waals surface area contributed by atoms with Gasteiger partial charge in [-0.15, -0.1) is 15.0 Å². The Bertz CT molecular complexity index is 844. The summed E-state index contributed by atoms with van der Waals surface area (Å²) in [5, 5.41) is 12.8. The van der Waals surface area contributed by atoms with Crippen molar-refractivity contribution in [2.24, 2.45) is 0 Å². The maximum atomic E-state index is 5.87. The fourth-order valence-corrected chi connectivity index (χ4v) is 2.31. The monoisotopic (exact) mass is 340 g/mol. The second-order valence-corrected chi connectivity index (χ2v) is 5.63. The van der Waals surface area contributed by atoms with E-state index in [1.54, 1.807) is 14.2 Å². The van der Waals surface area contributed by atoms with Gasteiger partial charge in [0.05, 0.1) is 31.6 Å². The largest absolute Gasteiger partial charge is 0.497 e. The van der Waals surface area contributed by atoms with Crippen LogP contribution in [0.2, 0.25) is 0 Å². The van der Waals surface area contributed by atoms with E-state index in [9.17, 15) is 0 Å². The van der Waals surface area contributed by atoms with E-state index >= 15 is 0 Å². The number of hydrogen-bond acceptors (Lipinski definition) is 6. The molecule has 0 amide bonds. The minimum atomic E-state index is 0.0162. The van der Waals surface area contributed by atoms with Crippen molar-refractivity contribution in [3.8, 4) is 34.3 Å². The third kappa shape index (κ3) is 3.71. The Morgan fingerprint density at radius 3 is 2.24 bits per heavy atom. The summed E-state index contributed by atoms with van der Waals surface area (Å²) in [4.78, 5) is 1.47. The van der Waals surface area contributed by atoms with Crippen LogP contribution in [-0.4, -0.2) is 40.5 Å². The maximum absolute atomic E-state index is 5.87. The first-order valence-electron chi connectivity index (χ1n) is 7.90. The summed E-state index contributed by atoms with van der Waals surface area (Å²) in [6.07, 6.45) is 0.0162. The van der Waals surface area contributed by atoms with Gasteiger partial charge in [0.15, 0.2) is 0 Å². The normalized spacial score (nSPS) is 10.8. The van der Waals surface area contributed by atoms with Gasteiger partial charge in [-0.25, -0.2) is 0 Å². The zero-order valence-electron chi connectivity index (χ0n) is 14.6. The fraction of sp³-hybridized carbons (Fsp3) is 0.278. The zero-order chi connectivity index (χ0) is 17.8. The number of ether oxygens (including phenoxy) is 3. The van der Waals surface area contributed by atoms with Crippen LogP contribution < -0.4 is 14.2 Å². The Balaban J connectivity index is 1.95. The summed E-state index contributed by atoms with van der Waals surface area (Å²) in [5.74, 6) is 2.62. The second-order valence-electron chi connectivity index (χ2n) is 5.63. The van der Waals surface area contributed by atoms with Gasteiger partial charge in [-0.1, -0.05) is 0 Å². The molecule has 1 aromatic heterocycles. The molecule has 2 aromatic carbocycles. The van der Waals surface area contributed by atoms with Crippen molar-refractivity contribution in [3.05, 3.63) is 42.5 Å². The summed E-state index contributed by atoms with van der Waals surface area (Å²) < 4.78 is 16.3. The molecule has 0 radical (unpaired) electrons. The van der Waals surface area contributed by atoms with Crippen LogP contribution in [0.4, 0.5) is 0 Å². The van der Waals surface area contributed by atoms with Crippen LogP contribution in [0.1, 0.15) is 13.8 Å². The average Bonchev–Trinajstić information content (AvgIpc) is 3.11. The first-order chi connectivity index (χ1) is 12.1. The van der Waals surface area contributed by atoms with E-state index in [2.05, 4.69) is 15.4 Å². The highest BCUT2D eigenvalue weighted by Crippen LogP contribution is 2.32.